The summed E-state index contributed by atoms with van der Waals surface area (Å²) in [7, 11) is 0. The van der Waals surface area contributed by atoms with E-state index in [1.54, 1.807) is 19.9 Å². The lowest BCUT2D eigenvalue weighted by Gasteiger charge is -2.31. The van der Waals surface area contributed by atoms with E-state index in [1.807, 2.05) is 0 Å². The first-order chi connectivity index (χ1) is 8.51. The van der Waals surface area contributed by atoms with Crippen LogP contribution in [0.15, 0.2) is 11.6 Å². The molecule has 0 saturated carbocycles. The molecule has 0 aromatic heterocycles. The number of carbonyl (C=O) groups is 1. The van der Waals surface area contributed by atoms with Crippen LogP contribution in [-0.4, -0.2) is 58.5 Å². The van der Waals surface area contributed by atoms with Gasteiger partial charge in [-0.15, -0.1) is 0 Å². The fourth-order valence-corrected chi connectivity index (χ4v) is 2.89. The second kappa shape index (κ2) is 4.99. The van der Waals surface area contributed by atoms with Gasteiger partial charge in [-0.05, 0) is 26.7 Å². The summed E-state index contributed by atoms with van der Waals surface area (Å²) in [5.74, 6) is -0.337. The molecule has 0 unspecified atom stereocenters. The number of carbonyl (C=O) groups excluding carboxylic acids is 1. The number of fused-ring (bicyclic) bond motifs is 1. The summed E-state index contributed by atoms with van der Waals surface area (Å²) in [6, 6.07) is -0.267. The van der Waals surface area contributed by atoms with Gasteiger partial charge in [0.05, 0.1) is 12.6 Å². The number of hydrogen-bond donors (Lipinski definition) is 2. The number of ether oxygens (including phenoxy) is 1. The molecule has 3 atom stereocenters. The van der Waals surface area contributed by atoms with Crippen LogP contribution in [0.1, 0.15) is 26.7 Å². The van der Waals surface area contributed by atoms with E-state index in [4.69, 9.17) is 4.74 Å². The summed E-state index contributed by atoms with van der Waals surface area (Å²) in [5.41, 5.74) is -0.565. The molecule has 2 rings (SSSR count). The van der Waals surface area contributed by atoms with Gasteiger partial charge in [-0.1, -0.05) is 6.08 Å². The summed E-state index contributed by atoms with van der Waals surface area (Å²) in [6.07, 6.45) is 2.63. The van der Waals surface area contributed by atoms with Gasteiger partial charge in [-0.25, -0.2) is 4.79 Å². The zero-order valence-corrected chi connectivity index (χ0v) is 10.9. The topological polar surface area (TPSA) is 70.0 Å². The van der Waals surface area contributed by atoms with Gasteiger partial charge in [0.15, 0.2) is 0 Å². The number of rotatable bonds is 3. The highest BCUT2D eigenvalue weighted by Gasteiger charge is 2.54. The number of allylic oxidation sites excluding steroid dienone is 1. The Bertz CT molecular complexity index is 368. The van der Waals surface area contributed by atoms with E-state index < -0.39 is 5.60 Å². The van der Waals surface area contributed by atoms with E-state index in [2.05, 4.69) is 4.90 Å². The summed E-state index contributed by atoms with van der Waals surface area (Å²) in [6.45, 7) is 4.77. The standard InChI is InChI=1S/C13H21NO4/c1-3-9(2)12(16)18-10-4-6-14-7-5-13(17,8-15)11(10)14/h3,10-11,15,17H,4-8H2,1-2H3/b9-3-/t10-,11-,13-/m0/s1. The Balaban J connectivity index is 2.08. The Hall–Kier alpha value is -0.910. The number of aliphatic hydroxyl groups is 2. The molecule has 5 nitrogen and oxygen atoms in total. The lowest BCUT2D eigenvalue weighted by atomic mass is 9.92. The Labute approximate surface area is 107 Å². The van der Waals surface area contributed by atoms with E-state index >= 15 is 0 Å². The van der Waals surface area contributed by atoms with Crippen molar-refractivity contribution in [2.45, 2.75) is 44.4 Å². The minimum absolute atomic E-state index is 0.267. The van der Waals surface area contributed by atoms with Crippen molar-refractivity contribution in [3.05, 3.63) is 11.6 Å². The minimum atomic E-state index is -1.13. The molecule has 0 radical (unpaired) electrons. The number of nitrogens with zero attached hydrogens (tertiary/aromatic N) is 1. The Morgan fingerprint density at radius 2 is 2.28 bits per heavy atom. The van der Waals surface area contributed by atoms with Crippen molar-refractivity contribution in [1.29, 1.82) is 0 Å². The van der Waals surface area contributed by atoms with Crippen LogP contribution < -0.4 is 0 Å². The zero-order valence-electron chi connectivity index (χ0n) is 10.9. The molecule has 2 saturated heterocycles. The predicted molar refractivity (Wildman–Crippen MR) is 65.9 cm³/mol. The first-order valence-corrected chi connectivity index (χ1v) is 6.43. The minimum Gasteiger partial charge on any atom is -0.457 e. The highest BCUT2D eigenvalue weighted by atomic mass is 16.5. The molecule has 0 spiro atoms. The maximum atomic E-state index is 11.8. The molecule has 2 aliphatic heterocycles. The molecule has 18 heavy (non-hydrogen) atoms. The molecule has 2 heterocycles. The van der Waals surface area contributed by atoms with Crippen LogP contribution in [0.4, 0.5) is 0 Å². The molecular weight excluding hydrogens is 234 g/mol. The van der Waals surface area contributed by atoms with Gasteiger partial charge in [-0.2, -0.15) is 0 Å². The lowest BCUT2D eigenvalue weighted by molar-refractivity contribution is -0.150. The molecule has 0 aliphatic carbocycles. The highest BCUT2D eigenvalue weighted by molar-refractivity contribution is 5.87. The third kappa shape index (κ3) is 2.18. The van der Waals surface area contributed by atoms with Crippen molar-refractivity contribution in [1.82, 2.24) is 4.90 Å². The highest BCUT2D eigenvalue weighted by Crippen LogP contribution is 2.37. The van der Waals surface area contributed by atoms with Gasteiger partial charge in [0.25, 0.3) is 0 Å². The number of hydrogen-bond acceptors (Lipinski definition) is 5. The second-order valence-electron chi connectivity index (χ2n) is 5.20. The molecule has 0 aromatic carbocycles. The van der Waals surface area contributed by atoms with Crippen LogP contribution >= 0.6 is 0 Å². The fourth-order valence-electron chi connectivity index (χ4n) is 2.89. The van der Waals surface area contributed by atoms with Gasteiger partial charge in [0.2, 0.25) is 0 Å². The molecule has 5 heteroatoms. The van der Waals surface area contributed by atoms with Crippen LogP contribution in [0.5, 0.6) is 0 Å². The largest absolute Gasteiger partial charge is 0.457 e. The maximum absolute atomic E-state index is 11.8. The van der Waals surface area contributed by atoms with Crippen molar-refractivity contribution in [2.24, 2.45) is 0 Å². The molecule has 102 valence electrons. The van der Waals surface area contributed by atoms with Gasteiger partial charge < -0.3 is 14.9 Å². The Morgan fingerprint density at radius 3 is 2.89 bits per heavy atom. The number of esters is 1. The third-order valence-electron chi connectivity index (χ3n) is 4.12. The average Bonchev–Trinajstić information content (AvgIpc) is 2.92. The van der Waals surface area contributed by atoms with Crippen LogP contribution in [0.2, 0.25) is 0 Å². The van der Waals surface area contributed by atoms with E-state index in [9.17, 15) is 15.0 Å². The number of aliphatic hydroxyl groups excluding tert-OH is 1. The van der Waals surface area contributed by atoms with Gasteiger partial charge in [-0.3, -0.25) is 4.90 Å². The summed E-state index contributed by atoms with van der Waals surface area (Å²) < 4.78 is 5.46. The smallest absolute Gasteiger partial charge is 0.333 e. The van der Waals surface area contributed by atoms with Crippen LogP contribution in [0.25, 0.3) is 0 Å². The molecule has 0 aromatic rings. The van der Waals surface area contributed by atoms with E-state index in [0.29, 0.717) is 12.0 Å². The first kappa shape index (κ1) is 13.5. The second-order valence-corrected chi connectivity index (χ2v) is 5.20. The quantitative estimate of drug-likeness (QED) is 0.551. The molecule has 2 N–H and O–H groups in total. The van der Waals surface area contributed by atoms with Crippen molar-refractivity contribution < 1.29 is 19.7 Å². The van der Waals surface area contributed by atoms with E-state index in [0.717, 1.165) is 19.5 Å². The van der Waals surface area contributed by atoms with Crippen LogP contribution in [0, 0.1) is 0 Å². The van der Waals surface area contributed by atoms with Gasteiger partial charge in [0.1, 0.15) is 11.7 Å². The molecule has 0 bridgehead atoms. The molecular formula is C13H21NO4. The molecule has 0 amide bonds. The summed E-state index contributed by atoms with van der Waals surface area (Å²) in [4.78, 5) is 13.9. The van der Waals surface area contributed by atoms with Crippen molar-refractivity contribution in [2.75, 3.05) is 19.7 Å². The summed E-state index contributed by atoms with van der Waals surface area (Å²) >= 11 is 0. The van der Waals surface area contributed by atoms with Gasteiger partial charge in [0, 0.05) is 18.7 Å². The predicted octanol–water partition coefficient (Wildman–Crippen LogP) is 0.0658. The fraction of sp³-hybridized carbons (Fsp3) is 0.769. The normalized spacial score (nSPS) is 36.8. The summed E-state index contributed by atoms with van der Waals surface area (Å²) in [5, 5.41) is 19.7. The van der Waals surface area contributed by atoms with Crippen LogP contribution in [-0.2, 0) is 9.53 Å². The SMILES string of the molecule is C/C=C(/C)C(=O)O[C@H]1CCN2CC[C@](O)(CO)[C@H]12. The van der Waals surface area contributed by atoms with E-state index in [-0.39, 0.29) is 24.7 Å². The molecule has 2 aliphatic rings. The lowest BCUT2D eigenvalue weighted by Crippen LogP contribution is -2.50. The van der Waals surface area contributed by atoms with Crippen molar-refractivity contribution in [3.8, 4) is 0 Å². The van der Waals surface area contributed by atoms with Crippen LogP contribution in [0.3, 0.4) is 0 Å². The van der Waals surface area contributed by atoms with E-state index in [1.165, 1.54) is 0 Å². The Morgan fingerprint density at radius 1 is 1.56 bits per heavy atom. The monoisotopic (exact) mass is 255 g/mol. The van der Waals surface area contributed by atoms with Crippen molar-refractivity contribution >= 4 is 5.97 Å². The molecule has 2 fully saturated rings. The average molecular weight is 255 g/mol. The Kier molecular flexibility index (Phi) is 3.75. The first-order valence-electron chi connectivity index (χ1n) is 6.43. The maximum Gasteiger partial charge on any atom is 0.333 e. The third-order valence-corrected chi connectivity index (χ3v) is 4.12. The van der Waals surface area contributed by atoms with Gasteiger partial charge >= 0.3 is 5.97 Å². The van der Waals surface area contributed by atoms with Crippen molar-refractivity contribution in [3.63, 3.8) is 0 Å². The zero-order chi connectivity index (χ0) is 13.3.